The van der Waals surface area contributed by atoms with E-state index in [0.29, 0.717) is 29.6 Å². The fraction of sp³-hybridized carbons (Fsp3) is 0.235. The Labute approximate surface area is 134 Å². The number of anilines is 1. The number of hydrogen-bond donors (Lipinski definition) is 0. The molecular formula is C17H16ClNO3. The second kappa shape index (κ2) is 6.28. The summed E-state index contributed by atoms with van der Waals surface area (Å²) >= 11 is 6.01. The molecule has 0 fully saturated rings. The number of ether oxygens (including phenoxy) is 2. The van der Waals surface area contributed by atoms with Crippen LogP contribution in [-0.2, 0) is 4.79 Å². The second-order valence-electron chi connectivity index (χ2n) is 5.11. The Balaban J connectivity index is 1.68. The Morgan fingerprint density at radius 1 is 1.23 bits per heavy atom. The second-order valence-corrected chi connectivity index (χ2v) is 5.54. The van der Waals surface area contributed by atoms with Crippen LogP contribution in [0.15, 0.2) is 42.5 Å². The normalized spacial score (nSPS) is 13.5. The minimum absolute atomic E-state index is 0.0408. The van der Waals surface area contributed by atoms with Crippen LogP contribution in [-0.4, -0.2) is 25.7 Å². The molecule has 4 nitrogen and oxygen atoms in total. The summed E-state index contributed by atoms with van der Waals surface area (Å²) in [6.07, 6.45) is 0. The molecule has 114 valence electrons. The van der Waals surface area contributed by atoms with Crippen LogP contribution in [0, 0.1) is 6.92 Å². The van der Waals surface area contributed by atoms with Crippen molar-refractivity contribution in [3.8, 4) is 11.5 Å². The number of aryl methyl sites for hydroxylation is 1. The lowest BCUT2D eigenvalue weighted by Gasteiger charge is -2.29. The molecule has 2 aromatic rings. The number of nitrogens with zero attached hydrogens (tertiary/aromatic N) is 1. The summed E-state index contributed by atoms with van der Waals surface area (Å²) in [6, 6.07) is 13.1. The lowest BCUT2D eigenvalue weighted by molar-refractivity contribution is -0.121. The quantitative estimate of drug-likeness (QED) is 0.867. The van der Waals surface area contributed by atoms with E-state index in [4.69, 9.17) is 21.1 Å². The van der Waals surface area contributed by atoms with Crippen LogP contribution >= 0.6 is 11.6 Å². The summed E-state index contributed by atoms with van der Waals surface area (Å²) in [5, 5.41) is 0.571. The molecule has 3 rings (SSSR count). The Morgan fingerprint density at radius 3 is 2.77 bits per heavy atom. The highest BCUT2D eigenvalue weighted by Gasteiger charge is 2.25. The van der Waals surface area contributed by atoms with Gasteiger partial charge in [0.2, 0.25) is 0 Å². The number of benzene rings is 2. The minimum Gasteiger partial charge on any atom is -0.492 e. The predicted molar refractivity (Wildman–Crippen MR) is 86.0 cm³/mol. The van der Waals surface area contributed by atoms with E-state index < -0.39 is 0 Å². The van der Waals surface area contributed by atoms with E-state index >= 15 is 0 Å². The van der Waals surface area contributed by atoms with Crippen LogP contribution in [0.25, 0.3) is 0 Å². The third-order valence-corrected chi connectivity index (χ3v) is 3.70. The number of carbonyl (C=O) groups excluding carboxylic acids is 1. The standard InChI is InChI=1S/C17H16ClNO3/c1-12-2-5-14(6-3-12)21-9-8-19-15-10-13(18)4-7-16(15)22-11-17(19)20/h2-7,10H,8-9,11H2,1H3. The van der Waals surface area contributed by atoms with Gasteiger partial charge in [0.05, 0.1) is 12.2 Å². The lowest BCUT2D eigenvalue weighted by atomic mass is 10.2. The molecule has 0 saturated carbocycles. The zero-order chi connectivity index (χ0) is 15.5. The first-order valence-corrected chi connectivity index (χ1v) is 7.43. The van der Waals surface area contributed by atoms with Crippen LogP contribution in [0.1, 0.15) is 5.56 Å². The number of amides is 1. The van der Waals surface area contributed by atoms with Crippen molar-refractivity contribution < 1.29 is 14.3 Å². The topological polar surface area (TPSA) is 38.8 Å². The number of halogens is 1. The lowest BCUT2D eigenvalue weighted by Crippen LogP contribution is -2.41. The number of fused-ring (bicyclic) bond motifs is 1. The van der Waals surface area contributed by atoms with E-state index in [9.17, 15) is 4.79 Å². The molecule has 2 aromatic carbocycles. The molecule has 0 bridgehead atoms. The van der Waals surface area contributed by atoms with E-state index in [-0.39, 0.29) is 12.5 Å². The SMILES string of the molecule is Cc1ccc(OCCN2C(=O)COc3ccc(Cl)cc32)cc1. The molecule has 0 aliphatic carbocycles. The highest BCUT2D eigenvalue weighted by atomic mass is 35.5. The van der Waals surface area contributed by atoms with Gasteiger partial charge in [-0.25, -0.2) is 0 Å². The highest BCUT2D eigenvalue weighted by molar-refractivity contribution is 6.31. The molecule has 0 N–H and O–H groups in total. The minimum atomic E-state index is -0.0951. The van der Waals surface area contributed by atoms with Gasteiger partial charge in [-0.2, -0.15) is 0 Å². The third-order valence-electron chi connectivity index (χ3n) is 3.47. The van der Waals surface area contributed by atoms with Crippen LogP contribution in [0.3, 0.4) is 0 Å². The summed E-state index contributed by atoms with van der Waals surface area (Å²) in [6.45, 7) is 2.92. The molecule has 0 atom stereocenters. The fourth-order valence-corrected chi connectivity index (χ4v) is 2.48. The van der Waals surface area contributed by atoms with E-state index in [1.807, 2.05) is 31.2 Å². The van der Waals surface area contributed by atoms with Gasteiger partial charge in [-0.1, -0.05) is 29.3 Å². The van der Waals surface area contributed by atoms with Crippen LogP contribution in [0.5, 0.6) is 11.5 Å². The average molecular weight is 318 g/mol. The number of carbonyl (C=O) groups is 1. The van der Waals surface area contributed by atoms with Gasteiger partial charge < -0.3 is 14.4 Å². The summed E-state index contributed by atoms with van der Waals surface area (Å²) in [4.78, 5) is 13.7. The Kier molecular flexibility index (Phi) is 4.20. The van der Waals surface area contributed by atoms with Gasteiger partial charge in [0.1, 0.15) is 18.1 Å². The van der Waals surface area contributed by atoms with Crippen molar-refractivity contribution in [2.45, 2.75) is 6.92 Å². The van der Waals surface area contributed by atoms with E-state index in [1.165, 1.54) is 5.56 Å². The van der Waals surface area contributed by atoms with Gasteiger partial charge in [-0.15, -0.1) is 0 Å². The van der Waals surface area contributed by atoms with E-state index in [1.54, 1.807) is 23.1 Å². The fourth-order valence-electron chi connectivity index (χ4n) is 2.31. The first kappa shape index (κ1) is 14.7. The smallest absolute Gasteiger partial charge is 0.265 e. The molecule has 0 saturated heterocycles. The van der Waals surface area contributed by atoms with Gasteiger partial charge in [0.15, 0.2) is 6.61 Å². The van der Waals surface area contributed by atoms with Crippen molar-refractivity contribution in [1.82, 2.24) is 0 Å². The monoisotopic (exact) mass is 317 g/mol. The molecule has 1 aliphatic heterocycles. The van der Waals surface area contributed by atoms with E-state index in [0.717, 1.165) is 5.75 Å². The number of rotatable bonds is 4. The van der Waals surface area contributed by atoms with E-state index in [2.05, 4.69) is 0 Å². The molecule has 5 heteroatoms. The maximum atomic E-state index is 12.1. The van der Waals surface area contributed by atoms with Gasteiger partial charge in [0, 0.05) is 5.02 Å². The van der Waals surface area contributed by atoms with Gasteiger partial charge in [-0.3, -0.25) is 4.79 Å². The maximum Gasteiger partial charge on any atom is 0.265 e. The molecule has 1 aliphatic rings. The molecule has 1 amide bonds. The molecule has 0 unspecified atom stereocenters. The molecule has 22 heavy (non-hydrogen) atoms. The molecule has 0 spiro atoms. The average Bonchev–Trinajstić information content (AvgIpc) is 2.51. The number of hydrogen-bond acceptors (Lipinski definition) is 3. The summed E-state index contributed by atoms with van der Waals surface area (Å²) < 4.78 is 11.1. The van der Waals surface area contributed by atoms with Gasteiger partial charge in [-0.05, 0) is 37.3 Å². The summed E-state index contributed by atoms with van der Waals surface area (Å²) in [5.41, 5.74) is 1.87. The zero-order valence-electron chi connectivity index (χ0n) is 12.2. The highest BCUT2D eigenvalue weighted by Crippen LogP contribution is 2.34. The van der Waals surface area contributed by atoms with Crippen molar-refractivity contribution in [3.63, 3.8) is 0 Å². The molecule has 0 aromatic heterocycles. The molecule has 1 heterocycles. The maximum absolute atomic E-state index is 12.1. The zero-order valence-corrected chi connectivity index (χ0v) is 13.0. The van der Waals surface area contributed by atoms with Crippen molar-refractivity contribution in [2.24, 2.45) is 0 Å². The largest absolute Gasteiger partial charge is 0.492 e. The molecular weight excluding hydrogens is 302 g/mol. The van der Waals surface area contributed by atoms with Crippen molar-refractivity contribution >= 4 is 23.2 Å². The Bertz CT molecular complexity index is 685. The summed E-state index contributed by atoms with van der Waals surface area (Å²) in [5.74, 6) is 1.36. The first-order chi connectivity index (χ1) is 10.6. The third kappa shape index (κ3) is 3.17. The van der Waals surface area contributed by atoms with Crippen LogP contribution in [0.4, 0.5) is 5.69 Å². The van der Waals surface area contributed by atoms with Crippen molar-refractivity contribution in [2.75, 3.05) is 24.7 Å². The summed E-state index contributed by atoms with van der Waals surface area (Å²) in [7, 11) is 0. The van der Waals surface area contributed by atoms with Crippen LogP contribution in [0.2, 0.25) is 5.02 Å². The van der Waals surface area contributed by atoms with Crippen molar-refractivity contribution in [1.29, 1.82) is 0 Å². The van der Waals surface area contributed by atoms with Gasteiger partial charge in [0.25, 0.3) is 5.91 Å². The molecule has 0 radical (unpaired) electrons. The first-order valence-electron chi connectivity index (χ1n) is 7.06. The Hall–Kier alpha value is -2.20. The van der Waals surface area contributed by atoms with Crippen LogP contribution < -0.4 is 14.4 Å². The predicted octanol–water partition coefficient (Wildman–Crippen LogP) is 3.45. The van der Waals surface area contributed by atoms with Gasteiger partial charge >= 0.3 is 0 Å². The van der Waals surface area contributed by atoms with Crippen molar-refractivity contribution in [3.05, 3.63) is 53.1 Å². The Morgan fingerprint density at radius 2 is 2.00 bits per heavy atom.